The van der Waals surface area contributed by atoms with Crippen molar-refractivity contribution in [1.82, 2.24) is 10.6 Å². The highest BCUT2D eigenvalue weighted by atomic mass is 16.6. The zero-order chi connectivity index (χ0) is 15.5. The number of hydrogen-bond acceptors (Lipinski definition) is 3. The third-order valence-electron chi connectivity index (χ3n) is 3.38. The highest BCUT2D eigenvalue weighted by molar-refractivity contribution is 5.68. The maximum absolute atomic E-state index is 11.7. The van der Waals surface area contributed by atoms with Crippen LogP contribution < -0.4 is 10.6 Å². The Bertz CT molecular complexity index is 467. The standard InChI is InChI=1S/C17H26N2O2/c1-12(10-13-8-6-5-7-9-13)18-14-11-15(14)19-16(20)21-17(2,3)4/h5-9,12,14-15,18H,10-11H2,1-4H3,(H,19,20). The van der Waals surface area contributed by atoms with Crippen LogP contribution in [0.4, 0.5) is 4.79 Å². The van der Waals surface area contributed by atoms with E-state index >= 15 is 0 Å². The van der Waals surface area contributed by atoms with Crippen molar-refractivity contribution >= 4 is 6.09 Å². The van der Waals surface area contributed by atoms with Gasteiger partial charge in [-0.05, 0) is 46.1 Å². The molecule has 3 atom stereocenters. The number of rotatable bonds is 5. The van der Waals surface area contributed by atoms with Crippen LogP contribution in [0.5, 0.6) is 0 Å². The van der Waals surface area contributed by atoms with E-state index in [0.29, 0.717) is 12.1 Å². The molecule has 1 fully saturated rings. The molecular formula is C17H26N2O2. The predicted octanol–water partition coefficient (Wildman–Crippen LogP) is 2.87. The zero-order valence-corrected chi connectivity index (χ0v) is 13.3. The number of nitrogens with one attached hydrogen (secondary N) is 2. The molecule has 4 nitrogen and oxygen atoms in total. The minimum atomic E-state index is -0.442. The second-order valence-corrected chi connectivity index (χ2v) is 6.85. The second kappa shape index (κ2) is 6.48. The summed E-state index contributed by atoms with van der Waals surface area (Å²) in [7, 11) is 0. The molecule has 1 aromatic carbocycles. The van der Waals surface area contributed by atoms with E-state index in [4.69, 9.17) is 4.74 Å². The van der Waals surface area contributed by atoms with Crippen LogP contribution in [0.15, 0.2) is 30.3 Å². The van der Waals surface area contributed by atoms with Crippen molar-refractivity contribution < 1.29 is 9.53 Å². The van der Waals surface area contributed by atoms with E-state index < -0.39 is 5.60 Å². The number of benzene rings is 1. The van der Waals surface area contributed by atoms with Gasteiger partial charge < -0.3 is 15.4 Å². The summed E-state index contributed by atoms with van der Waals surface area (Å²) in [6.07, 6.45) is 1.64. The number of alkyl carbamates (subject to hydrolysis) is 1. The summed E-state index contributed by atoms with van der Waals surface area (Å²) < 4.78 is 5.26. The Hall–Kier alpha value is -1.55. The highest BCUT2D eigenvalue weighted by Gasteiger charge is 2.39. The molecule has 0 aromatic heterocycles. The van der Waals surface area contributed by atoms with E-state index in [1.165, 1.54) is 5.56 Å². The van der Waals surface area contributed by atoms with Crippen LogP contribution in [0, 0.1) is 0 Å². The molecule has 2 rings (SSSR count). The summed E-state index contributed by atoms with van der Waals surface area (Å²) in [4.78, 5) is 11.7. The number of amides is 1. The summed E-state index contributed by atoms with van der Waals surface area (Å²) in [6.45, 7) is 7.79. The van der Waals surface area contributed by atoms with E-state index in [9.17, 15) is 4.79 Å². The third kappa shape index (κ3) is 5.76. The Morgan fingerprint density at radius 1 is 1.29 bits per heavy atom. The van der Waals surface area contributed by atoms with Gasteiger partial charge in [-0.25, -0.2) is 4.79 Å². The Balaban J connectivity index is 1.68. The number of hydrogen-bond donors (Lipinski definition) is 2. The van der Waals surface area contributed by atoms with Gasteiger partial charge in [0, 0.05) is 18.1 Å². The first kappa shape index (κ1) is 15.8. The second-order valence-electron chi connectivity index (χ2n) is 6.85. The van der Waals surface area contributed by atoms with Gasteiger partial charge in [-0.3, -0.25) is 0 Å². The molecular weight excluding hydrogens is 264 g/mol. The predicted molar refractivity (Wildman–Crippen MR) is 84.3 cm³/mol. The van der Waals surface area contributed by atoms with Crippen LogP contribution in [0.3, 0.4) is 0 Å². The van der Waals surface area contributed by atoms with E-state index in [0.717, 1.165) is 12.8 Å². The van der Waals surface area contributed by atoms with Crippen molar-refractivity contribution in [3.8, 4) is 0 Å². The number of carbonyl (C=O) groups is 1. The lowest BCUT2D eigenvalue weighted by Gasteiger charge is -2.20. The van der Waals surface area contributed by atoms with E-state index in [1.54, 1.807) is 0 Å². The first-order chi connectivity index (χ1) is 9.83. The summed E-state index contributed by atoms with van der Waals surface area (Å²) >= 11 is 0. The first-order valence-electron chi connectivity index (χ1n) is 7.63. The lowest BCUT2D eigenvalue weighted by Crippen LogP contribution is -2.39. The Kier molecular flexibility index (Phi) is 4.88. The van der Waals surface area contributed by atoms with Crippen LogP contribution >= 0.6 is 0 Å². The molecule has 0 bridgehead atoms. The molecule has 1 saturated carbocycles. The summed E-state index contributed by atoms with van der Waals surface area (Å²) in [5, 5.41) is 6.46. The van der Waals surface area contributed by atoms with Crippen LogP contribution in [0.25, 0.3) is 0 Å². The van der Waals surface area contributed by atoms with Gasteiger partial charge in [-0.15, -0.1) is 0 Å². The minimum Gasteiger partial charge on any atom is -0.444 e. The molecule has 1 aliphatic carbocycles. The van der Waals surface area contributed by atoms with Gasteiger partial charge in [0.15, 0.2) is 0 Å². The van der Waals surface area contributed by atoms with Crippen molar-refractivity contribution in [2.24, 2.45) is 0 Å². The fraction of sp³-hybridized carbons (Fsp3) is 0.588. The number of ether oxygens (including phenoxy) is 1. The van der Waals surface area contributed by atoms with Gasteiger partial charge in [0.05, 0.1) is 0 Å². The molecule has 0 aliphatic heterocycles. The monoisotopic (exact) mass is 290 g/mol. The van der Waals surface area contributed by atoms with Gasteiger partial charge in [0.25, 0.3) is 0 Å². The molecule has 0 heterocycles. The Labute approximate surface area is 127 Å². The molecule has 116 valence electrons. The smallest absolute Gasteiger partial charge is 0.407 e. The minimum absolute atomic E-state index is 0.193. The molecule has 3 unspecified atom stereocenters. The molecule has 0 saturated heterocycles. The SMILES string of the molecule is CC(Cc1ccccc1)NC1CC1NC(=O)OC(C)(C)C. The highest BCUT2D eigenvalue weighted by Crippen LogP contribution is 2.23. The molecule has 1 amide bonds. The summed E-state index contributed by atoms with van der Waals surface area (Å²) in [6, 6.07) is 11.4. The quantitative estimate of drug-likeness (QED) is 0.876. The van der Waals surface area contributed by atoms with Crippen molar-refractivity contribution in [2.75, 3.05) is 0 Å². The molecule has 1 aromatic rings. The molecule has 4 heteroatoms. The van der Waals surface area contributed by atoms with Crippen LogP contribution in [0.1, 0.15) is 39.7 Å². The first-order valence-corrected chi connectivity index (χ1v) is 7.63. The maximum atomic E-state index is 11.7. The van der Waals surface area contributed by atoms with E-state index in [2.05, 4.69) is 41.8 Å². The fourth-order valence-electron chi connectivity index (χ4n) is 2.39. The van der Waals surface area contributed by atoms with Crippen molar-refractivity contribution in [1.29, 1.82) is 0 Å². The molecule has 0 spiro atoms. The molecule has 1 aliphatic rings. The zero-order valence-electron chi connectivity index (χ0n) is 13.3. The summed E-state index contributed by atoms with van der Waals surface area (Å²) in [5.74, 6) is 0. The van der Waals surface area contributed by atoms with Gasteiger partial charge in [0.1, 0.15) is 5.60 Å². The average Bonchev–Trinajstić information content (AvgIpc) is 3.05. The largest absolute Gasteiger partial charge is 0.444 e. The van der Waals surface area contributed by atoms with Crippen LogP contribution in [0.2, 0.25) is 0 Å². The molecule has 2 N–H and O–H groups in total. The third-order valence-corrected chi connectivity index (χ3v) is 3.38. The van der Waals surface area contributed by atoms with Crippen molar-refractivity contribution in [2.45, 2.75) is 64.3 Å². The van der Waals surface area contributed by atoms with E-state index in [1.807, 2.05) is 26.8 Å². The van der Waals surface area contributed by atoms with E-state index in [-0.39, 0.29) is 12.1 Å². The average molecular weight is 290 g/mol. The Morgan fingerprint density at radius 3 is 2.57 bits per heavy atom. The maximum Gasteiger partial charge on any atom is 0.407 e. The van der Waals surface area contributed by atoms with Gasteiger partial charge in [-0.2, -0.15) is 0 Å². The van der Waals surface area contributed by atoms with Crippen LogP contribution in [-0.2, 0) is 11.2 Å². The molecule has 0 radical (unpaired) electrons. The fourth-order valence-corrected chi connectivity index (χ4v) is 2.39. The lowest BCUT2D eigenvalue weighted by atomic mass is 10.1. The Morgan fingerprint density at radius 2 is 1.95 bits per heavy atom. The lowest BCUT2D eigenvalue weighted by molar-refractivity contribution is 0.0522. The normalized spacial score (nSPS) is 22.5. The van der Waals surface area contributed by atoms with Crippen molar-refractivity contribution in [3.63, 3.8) is 0 Å². The van der Waals surface area contributed by atoms with Gasteiger partial charge >= 0.3 is 6.09 Å². The molecule has 21 heavy (non-hydrogen) atoms. The topological polar surface area (TPSA) is 50.4 Å². The van der Waals surface area contributed by atoms with Gasteiger partial charge in [0.2, 0.25) is 0 Å². The van der Waals surface area contributed by atoms with Crippen LogP contribution in [-0.4, -0.2) is 29.8 Å². The summed E-state index contributed by atoms with van der Waals surface area (Å²) in [5.41, 5.74) is 0.887. The van der Waals surface area contributed by atoms with Crippen molar-refractivity contribution in [3.05, 3.63) is 35.9 Å². The van der Waals surface area contributed by atoms with Gasteiger partial charge in [-0.1, -0.05) is 30.3 Å². The number of carbonyl (C=O) groups excluding carboxylic acids is 1.